The first-order valence-electron chi connectivity index (χ1n) is 8.44. The van der Waals surface area contributed by atoms with Crippen molar-refractivity contribution in [1.29, 1.82) is 0 Å². The summed E-state index contributed by atoms with van der Waals surface area (Å²) < 4.78 is 10.8. The summed E-state index contributed by atoms with van der Waals surface area (Å²) in [7, 11) is 0. The maximum atomic E-state index is 12.8. The van der Waals surface area contributed by atoms with Crippen molar-refractivity contribution in [3.05, 3.63) is 23.8 Å². The number of amides is 1. The third-order valence-electron chi connectivity index (χ3n) is 4.72. The molecule has 0 radical (unpaired) electrons. The van der Waals surface area contributed by atoms with Gasteiger partial charge in [0.05, 0.1) is 11.7 Å². The molecule has 0 bridgehead atoms. The molecule has 1 N–H and O–H groups in total. The number of fused-ring (bicyclic) bond motifs is 1. The summed E-state index contributed by atoms with van der Waals surface area (Å²) >= 11 is 0. The van der Waals surface area contributed by atoms with Crippen LogP contribution in [-0.4, -0.2) is 66.4 Å². The van der Waals surface area contributed by atoms with Gasteiger partial charge in [-0.25, -0.2) is 0 Å². The predicted molar refractivity (Wildman–Crippen MR) is 90.4 cm³/mol. The van der Waals surface area contributed by atoms with Crippen LogP contribution in [0.25, 0.3) is 0 Å². The molecule has 1 saturated heterocycles. The average molecular weight is 334 g/mol. The van der Waals surface area contributed by atoms with Crippen molar-refractivity contribution in [2.75, 3.05) is 39.5 Å². The maximum Gasteiger partial charge on any atom is 0.257 e. The predicted octanol–water partition coefficient (Wildman–Crippen LogP) is 1.58. The number of hydrogen-bond donors (Lipinski definition) is 1. The summed E-state index contributed by atoms with van der Waals surface area (Å²) in [6, 6.07) is 5.41. The second-order valence-electron chi connectivity index (χ2n) is 7.51. The van der Waals surface area contributed by atoms with Crippen molar-refractivity contribution in [3.63, 3.8) is 0 Å². The number of nitrogens with zero attached hydrogens (tertiary/aromatic N) is 2. The zero-order valence-corrected chi connectivity index (χ0v) is 14.6. The lowest BCUT2D eigenvalue weighted by atomic mass is 9.89. The molecule has 3 rings (SSSR count). The van der Waals surface area contributed by atoms with Crippen LogP contribution in [0.4, 0.5) is 0 Å². The molecule has 24 heavy (non-hydrogen) atoms. The van der Waals surface area contributed by atoms with E-state index < -0.39 is 0 Å². The van der Waals surface area contributed by atoms with Gasteiger partial charge in [-0.1, -0.05) is 26.8 Å². The monoisotopic (exact) mass is 334 g/mol. The molecule has 6 nitrogen and oxygen atoms in total. The Labute approximate surface area is 143 Å². The second kappa shape index (κ2) is 6.61. The summed E-state index contributed by atoms with van der Waals surface area (Å²) in [5.74, 6) is 1.16. The van der Waals surface area contributed by atoms with E-state index in [0.717, 1.165) is 13.1 Å². The Kier molecular flexibility index (Phi) is 4.69. The zero-order valence-electron chi connectivity index (χ0n) is 14.6. The SMILES string of the molecule is CC(C)(C)C(O)CN1CCN(C(=O)c2cccc3c2OCO3)CC1. The zero-order chi connectivity index (χ0) is 17.3. The number of para-hydroxylation sites is 1. The number of piperazine rings is 1. The number of aliphatic hydroxyl groups excluding tert-OH is 1. The molecule has 2 aliphatic heterocycles. The van der Waals surface area contributed by atoms with Gasteiger partial charge in [0.15, 0.2) is 11.5 Å². The molecule has 0 saturated carbocycles. The van der Waals surface area contributed by atoms with Gasteiger partial charge in [-0.2, -0.15) is 0 Å². The van der Waals surface area contributed by atoms with Crippen molar-refractivity contribution in [2.24, 2.45) is 5.41 Å². The first kappa shape index (κ1) is 17.0. The van der Waals surface area contributed by atoms with E-state index in [1.54, 1.807) is 6.07 Å². The Balaban J connectivity index is 1.59. The smallest absolute Gasteiger partial charge is 0.257 e. The maximum absolute atomic E-state index is 12.8. The topological polar surface area (TPSA) is 62.2 Å². The van der Waals surface area contributed by atoms with Crippen LogP contribution in [0.15, 0.2) is 18.2 Å². The first-order chi connectivity index (χ1) is 11.4. The summed E-state index contributed by atoms with van der Waals surface area (Å²) in [5.41, 5.74) is 0.433. The van der Waals surface area contributed by atoms with Gasteiger partial charge >= 0.3 is 0 Å². The molecular weight excluding hydrogens is 308 g/mol. The lowest BCUT2D eigenvalue weighted by Crippen LogP contribution is -2.51. The van der Waals surface area contributed by atoms with Crippen LogP contribution in [0.5, 0.6) is 11.5 Å². The minimum Gasteiger partial charge on any atom is -0.454 e. The van der Waals surface area contributed by atoms with E-state index in [1.807, 2.05) is 37.8 Å². The van der Waals surface area contributed by atoms with Gasteiger partial charge in [0.25, 0.3) is 5.91 Å². The van der Waals surface area contributed by atoms with E-state index in [1.165, 1.54) is 0 Å². The molecule has 1 amide bonds. The molecule has 2 heterocycles. The molecular formula is C18H26N2O4. The average Bonchev–Trinajstić information content (AvgIpc) is 3.02. The van der Waals surface area contributed by atoms with E-state index in [-0.39, 0.29) is 24.2 Å². The number of rotatable bonds is 3. The fourth-order valence-corrected chi connectivity index (χ4v) is 2.92. The van der Waals surface area contributed by atoms with E-state index in [2.05, 4.69) is 4.90 Å². The molecule has 0 spiro atoms. The normalized spacial score (nSPS) is 19.4. The number of ether oxygens (including phenoxy) is 2. The van der Waals surface area contributed by atoms with Crippen molar-refractivity contribution >= 4 is 5.91 Å². The highest BCUT2D eigenvalue weighted by Crippen LogP contribution is 2.36. The fraction of sp³-hybridized carbons (Fsp3) is 0.611. The summed E-state index contributed by atoms with van der Waals surface area (Å²) in [6.07, 6.45) is -0.373. The number of carbonyl (C=O) groups excluding carboxylic acids is 1. The Morgan fingerprint density at radius 3 is 2.58 bits per heavy atom. The van der Waals surface area contributed by atoms with Crippen molar-refractivity contribution in [3.8, 4) is 11.5 Å². The number of benzene rings is 1. The number of β-amino-alcohol motifs (C(OH)–C–C–N with tert-alkyl or cyclic N) is 1. The third kappa shape index (κ3) is 3.49. The van der Waals surface area contributed by atoms with Crippen molar-refractivity contribution in [2.45, 2.75) is 26.9 Å². The molecule has 6 heteroatoms. The second-order valence-corrected chi connectivity index (χ2v) is 7.51. The molecule has 0 aromatic heterocycles. The molecule has 1 atom stereocenters. The van der Waals surface area contributed by atoms with E-state index in [9.17, 15) is 9.90 Å². The Morgan fingerprint density at radius 1 is 1.21 bits per heavy atom. The summed E-state index contributed by atoms with van der Waals surface area (Å²) in [6.45, 7) is 9.76. The van der Waals surface area contributed by atoms with Crippen molar-refractivity contribution < 1.29 is 19.4 Å². The van der Waals surface area contributed by atoms with E-state index in [4.69, 9.17) is 9.47 Å². The third-order valence-corrected chi connectivity index (χ3v) is 4.72. The van der Waals surface area contributed by atoms with Crippen LogP contribution in [0.3, 0.4) is 0 Å². The quantitative estimate of drug-likeness (QED) is 0.909. The lowest BCUT2D eigenvalue weighted by molar-refractivity contribution is 0.0136. The van der Waals surface area contributed by atoms with Crippen LogP contribution < -0.4 is 9.47 Å². The highest BCUT2D eigenvalue weighted by atomic mass is 16.7. The molecule has 1 fully saturated rings. The summed E-state index contributed by atoms with van der Waals surface area (Å²) in [5, 5.41) is 10.2. The number of aliphatic hydroxyl groups is 1. The minimum absolute atomic E-state index is 0.0200. The van der Waals surface area contributed by atoms with Crippen LogP contribution in [0.1, 0.15) is 31.1 Å². The highest BCUT2D eigenvalue weighted by molar-refractivity contribution is 5.98. The first-order valence-corrected chi connectivity index (χ1v) is 8.44. The van der Waals surface area contributed by atoms with Gasteiger partial charge in [-0.15, -0.1) is 0 Å². The van der Waals surface area contributed by atoms with E-state index >= 15 is 0 Å². The molecule has 1 aromatic carbocycles. The fourth-order valence-electron chi connectivity index (χ4n) is 2.92. The Morgan fingerprint density at radius 2 is 1.92 bits per heavy atom. The van der Waals surface area contributed by atoms with Crippen LogP contribution in [0, 0.1) is 5.41 Å². The molecule has 1 unspecified atom stereocenters. The van der Waals surface area contributed by atoms with Crippen LogP contribution >= 0.6 is 0 Å². The number of carbonyl (C=O) groups is 1. The van der Waals surface area contributed by atoms with Gasteiger partial charge in [0.2, 0.25) is 6.79 Å². The van der Waals surface area contributed by atoms with Crippen LogP contribution in [0.2, 0.25) is 0 Å². The minimum atomic E-state index is -0.373. The largest absolute Gasteiger partial charge is 0.454 e. The lowest BCUT2D eigenvalue weighted by Gasteiger charge is -2.38. The molecule has 132 valence electrons. The molecule has 2 aliphatic rings. The Bertz CT molecular complexity index is 604. The Hall–Kier alpha value is -1.79. The number of hydrogen-bond acceptors (Lipinski definition) is 5. The molecule has 0 aliphatic carbocycles. The van der Waals surface area contributed by atoms with Gasteiger partial charge in [0.1, 0.15) is 0 Å². The van der Waals surface area contributed by atoms with Gasteiger partial charge in [0, 0.05) is 32.7 Å². The van der Waals surface area contributed by atoms with Crippen molar-refractivity contribution in [1.82, 2.24) is 9.80 Å². The summed E-state index contributed by atoms with van der Waals surface area (Å²) in [4.78, 5) is 16.8. The van der Waals surface area contributed by atoms with E-state index in [0.29, 0.717) is 36.7 Å². The van der Waals surface area contributed by atoms with Gasteiger partial charge in [-0.3, -0.25) is 9.69 Å². The van der Waals surface area contributed by atoms with Crippen LogP contribution in [-0.2, 0) is 0 Å². The van der Waals surface area contributed by atoms with Gasteiger partial charge in [-0.05, 0) is 17.5 Å². The standard InChI is InChI=1S/C18H26N2O4/c1-18(2,3)15(21)11-19-7-9-20(10-8-19)17(22)13-5-4-6-14-16(13)24-12-23-14/h4-6,15,21H,7-12H2,1-3H3. The molecule has 1 aromatic rings. The highest BCUT2D eigenvalue weighted by Gasteiger charge is 2.30. The van der Waals surface area contributed by atoms with Gasteiger partial charge < -0.3 is 19.5 Å².